The molecule has 202 valence electrons. The molecule has 38 heavy (non-hydrogen) atoms. The van der Waals surface area contributed by atoms with E-state index in [2.05, 4.69) is 11.4 Å². The summed E-state index contributed by atoms with van der Waals surface area (Å²) >= 11 is 19.0. The fourth-order valence-electron chi connectivity index (χ4n) is 4.74. The van der Waals surface area contributed by atoms with E-state index in [0.717, 1.165) is 22.3 Å². The van der Waals surface area contributed by atoms with Gasteiger partial charge in [0.25, 0.3) is 0 Å². The van der Waals surface area contributed by atoms with Crippen LogP contribution in [0.15, 0.2) is 48.5 Å². The van der Waals surface area contributed by atoms with E-state index in [1.54, 1.807) is 12.1 Å². The number of rotatable bonds is 6. The minimum absolute atomic E-state index is 0.0994. The zero-order valence-corrected chi connectivity index (χ0v) is 24.4. The van der Waals surface area contributed by atoms with Crippen LogP contribution in [0.4, 0.5) is 4.79 Å². The topological polar surface area (TPSA) is 74.7 Å². The van der Waals surface area contributed by atoms with E-state index in [1.807, 2.05) is 65.0 Å². The lowest BCUT2D eigenvalue weighted by molar-refractivity contribution is 0.0580. The first-order valence-corrected chi connectivity index (χ1v) is 13.6. The summed E-state index contributed by atoms with van der Waals surface area (Å²) in [5.74, 6) is 0.517. The van der Waals surface area contributed by atoms with E-state index in [-0.39, 0.29) is 6.04 Å². The fourth-order valence-corrected chi connectivity index (χ4v) is 5.36. The number of carboxylic acid groups (broad SMARTS) is 1. The average molecular weight is 577 g/mol. The number of fused-ring (bicyclic) bond motifs is 1. The van der Waals surface area contributed by atoms with Gasteiger partial charge in [0, 0.05) is 57.8 Å². The van der Waals surface area contributed by atoms with Gasteiger partial charge in [0.05, 0.1) is 10.7 Å². The molecular weight excluding hydrogens is 545 g/mol. The molecule has 1 aliphatic heterocycles. The van der Waals surface area contributed by atoms with Crippen LogP contribution < -0.4 is 10.1 Å². The summed E-state index contributed by atoms with van der Waals surface area (Å²) < 4.78 is 6.36. The largest absolute Gasteiger partial charge is 0.471 e. The van der Waals surface area contributed by atoms with E-state index >= 15 is 0 Å². The molecule has 1 atom stereocenters. The quantitative estimate of drug-likeness (QED) is 0.308. The summed E-state index contributed by atoms with van der Waals surface area (Å²) in [5.41, 5.74) is 3.13. The molecular formula is C29H32Cl3N3O3. The zero-order valence-electron chi connectivity index (χ0n) is 22.1. The smallest absolute Gasteiger partial charge is 0.407 e. The van der Waals surface area contributed by atoms with E-state index in [9.17, 15) is 9.90 Å². The normalized spacial score (nSPS) is 16.5. The molecule has 4 rings (SSSR count). The molecule has 0 fully saturated rings. The van der Waals surface area contributed by atoms with Crippen molar-refractivity contribution < 1.29 is 14.6 Å². The zero-order chi connectivity index (χ0) is 27.8. The summed E-state index contributed by atoms with van der Waals surface area (Å²) in [6, 6.07) is 14.9. The van der Waals surface area contributed by atoms with Crippen molar-refractivity contribution in [1.82, 2.24) is 15.2 Å². The Balaban J connectivity index is 1.78. The number of nitrogens with zero attached hydrogens (tertiary/aromatic N) is 2. The maximum atomic E-state index is 11.8. The van der Waals surface area contributed by atoms with Crippen molar-refractivity contribution in [2.75, 3.05) is 13.1 Å². The third-order valence-corrected chi connectivity index (χ3v) is 7.37. The van der Waals surface area contributed by atoms with Crippen molar-refractivity contribution in [3.8, 4) is 28.3 Å². The van der Waals surface area contributed by atoms with Gasteiger partial charge in [0.1, 0.15) is 5.60 Å². The number of pyridine rings is 1. The Morgan fingerprint density at radius 2 is 1.74 bits per heavy atom. The predicted molar refractivity (Wildman–Crippen MR) is 155 cm³/mol. The van der Waals surface area contributed by atoms with E-state index in [1.165, 1.54) is 4.90 Å². The van der Waals surface area contributed by atoms with E-state index in [0.29, 0.717) is 46.2 Å². The van der Waals surface area contributed by atoms with Crippen LogP contribution in [0.25, 0.3) is 22.4 Å². The highest BCUT2D eigenvalue weighted by atomic mass is 35.5. The lowest BCUT2D eigenvalue weighted by Crippen LogP contribution is -2.49. The summed E-state index contributed by atoms with van der Waals surface area (Å²) in [5, 5.41) is 14.9. The SMILES string of the molecule is CC1(C)CC(NCCN(C(=O)O)C(C)(C)C)c2cc(-c3ccc(Cl)cc3)c(-c3ccc(Cl)cc3Cl)nc2O1. The van der Waals surface area contributed by atoms with Crippen LogP contribution in [0.3, 0.4) is 0 Å². The first-order chi connectivity index (χ1) is 17.7. The molecule has 3 aromatic rings. The molecule has 1 amide bonds. The first kappa shape index (κ1) is 28.5. The van der Waals surface area contributed by atoms with Gasteiger partial charge >= 0.3 is 6.09 Å². The number of aromatic nitrogens is 1. The standard InChI is InChI=1S/C29H32Cl3N3O3/c1-28(2,3)35(27(36)37)13-12-33-24-16-29(4,5)38-26-22(24)15-21(17-6-8-18(30)9-7-17)25(34-26)20-11-10-19(31)14-23(20)32/h6-11,14-15,24,33H,12-13,16H2,1-5H3,(H,36,37). The maximum absolute atomic E-state index is 11.8. The molecule has 1 unspecified atom stereocenters. The molecule has 2 aromatic carbocycles. The Labute approximate surface area is 238 Å². The van der Waals surface area contributed by atoms with Crippen LogP contribution >= 0.6 is 34.8 Å². The van der Waals surface area contributed by atoms with Gasteiger partial charge in [-0.05, 0) is 76.6 Å². The second-order valence-electron chi connectivity index (χ2n) is 11.1. The molecule has 0 aliphatic carbocycles. The van der Waals surface area contributed by atoms with Gasteiger partial charge in [-0.3, -0.25) is 0 Å². The van der Waals surface area contributed by atoms with Gasteiger partial charge in [-0.25, -0.2) is 9.78 Å². The third kappa shape index (κ3) is 6.37. The lowest BCUT2D eigenvalue weighted by atomic mass is 9.88. The van der Waals surface area contributed by atoms with Crippen molar-refractivity contribution >= 4 is 40.9 Å². The maximum Gasteiger partial charge on any atom is 0.407 e. The van der Waals surface area contributed by atoms with Gasteiger partial charge in [0.2, 0.25) is 5.88 Å². The molecule has 6 nitrogen and oxygen atoms in total. The van der Waals surface area contributed by atoms with E-state index < -0.39 is 17.2 Å². The molecule has 0 radical (unpaired) electrons. The number of hydrogen-bond acceptors (Lipinski definition) is 4. The van der Waals surface area contributed by atoms with Gasteiger partial charge in [0.15, 0.2) is 0 Å². The first-order valence-electron chi connectivity index (χ1n) is 12.4. The van der Waals surface area contributed by atoms with Crippen LogP contribution in [0, 0.1) is 0 Å². The van der Waals surface area contributed by atoms with Gasteiger partial charge in [-0.2, -0.15) is 0 Å². The number of hydrogen-bond donors (Lipinski definition) is 2. The van der Waals surface area contributed by atoms with Crippen LogP contribution in [-0.4, -0.2) is 45.3 Å². The molecule has 9 heteroatoms. The Kier molecular flexibility index (Phi) is 8.20. The monoisotopic (exact) mass is 575 g/mol. The number of nitrogens with one attached hydrogen (secondary N) is 1. The highest BCUT2D eigenvalue weighted by molar-refractivity contribution is 6.36. The molecule has 0 spiro atoms. The fraction of sp³-hybridized carbons (Fsp3) is 0.379. The summed E-state index contributed by atoms with van der Waals surface area (Å²) in [6.45, 7) is 10.5. The van der Waals surface area contributed by atoms with Crippen LogP contribution in [-0.2, 0) is 0 Å². The minimum atomic E-state index is -0.941. The molecule has 0 saturated heterocycles. The summed E-state index contributed by atoms with van der Waals surface area (Å²) in [7, 11) is 0. The van der Waals surface area contributed by atoms with Gasteiger partial charge in [-0.15, -0.1) is 0 Å². The number of amides is 1. The molecule has 1 aromatic heterocycles. The number of ether oxygens (including phenoxy) is 1. The predicted octanol–water partition coefficient (Wildman–Crippen LogP) is 8.35. The van der Waals surface area contributed by atoms with Crippen molar-refractivity contribution in [3.63, 3.8) is 0 Å². The van der Waals surface area contributed by atoms with Crippen LogP contribution in [0.2, 0.25) is 15.1 Å². The summed E-state index contributed by atoms with van der Waals surface area (Å²) in [6.07, 6.45) is -0.256. The highest BCUT2D eigenvalue weighted by Crippen LogP contribution is 2.44. The average Bonchev–Trinajstić information content (AvgIpc) is 2.80. The molecule has 1 aliphatic rings. The second kappa shape index (κ2) is 10.9. The minimum Gasteiger partial charge on any atom is -0.471 e. The highest BCUT2D eigenvalue weighted by Gasteiger charge is 2.36. The third-order valence-electron chi connectivity index (χ3n) is 6.57. The lowest BCUT2D eigenvalue weighted by Gasteiger charge is -2.39. The Morgan fingerprint density at radius 1 is 1.08 bits per heavy atom. The van der Waals surface area contributed by atoms with Gasteiger partial charge < -0.3 is 20.1 Å². The van der Waals surface area contributed by atoms with Crippen molar-refractivity contribution in [1.29, 1.82) is 0 Å². The van der Waals surface area contributed by atoms with Crippen molar-refractivity contribution in [2.45, 2.75) is 58.2 Å². The van der Waals surface area contributed by atoms with Crippen LogP contribution in [0.1, 0.15) is 52.6 Å². The molecule has 0 bridgehead atoms. The molecule has 2 N–H and O–H groups in total. The molecule has 2 heterocycles. The number of carbonyl (C=O) groups is 1. The van der Waals surface area contributed by atoms with Crippen molar-refractivity contribution in [3.05, 3.63) is 69.2 Å². The Bertz CT molecular complexity index is 1340. The van der Waals surface area contributed by atoms with Crippen molar-refractivity contribution in [2.24, 2.45) is 0 Å². The number of benzene rings is 2. The Morgan fingerprint density at radius 3 is 2.34 bits per heavy atom. The van der Waals surface area contributed by atoms with Gasteiger partial charge in [-0.1, -0.05) is 46.9 Å². The second-order valence-corrected chi connectivity index (χ2v) is 12.4. The Hall–Kier alpha value is -2.51. The summed E-state index contributed by atoms with van der Waals surface area (Å²) in [4.78, 5) is 18.3. The number of halogens is 3. The van der Waals surface area contributed by atoms with E-state index in [4.69, 9.17) is 44.5 Å². The molecule has 0 saturated carbocycles. The van der Waals surface area contributed by atoms with Crippen LogP contribution in [0.5, 0.6) is 5.88 Å².